The predicted molar refractivity (Wildman–Crippen MR) is 110 cm³/mol. The van der Waals surface area contributed by atoms with Gasteiger partial charge >= 0.3 is 0 Å². The number of nitrogens with zero attached hydrogens (tertiary/aromatic N) is 2. The summed E-state index contributed by atoms with van der Waals surface area (Å²) in [5, 5.41) is 13.7. The van der Waals surface area contributed by atoms with Gasteiger partial charge in [0.25, 0.3) is 0 Å². The first-order valence-electron chi connectivity index (χ1n) is 9.00. The first kappa shape index (κ1) is 19.0. The molecule has 0 unspecified atom stereocenters. The Morgan fingerprint density at radius 3 is 2.97 bits per heavy atom. The number of fused-ring (bicyclic) bond motifs is 2. The van der Waals surface area contributed by atoms with Gasteiger partial charge in [-0.2, -0.15) is 5.26 Å². The number of nitriles is 1. The van der Waals surface area contributed by atoms with Crippen LogP contribution in [0.25, 0.3) is 10.9 Å². The van der Waals surface area contributed by atoms with Gasteiger partial charge in [-0.25, -0.2) is 0 Å². The molecule has 0 amide bonds. The molecule has 29 heavy (non-hydrogen) atoms. The van der Waals surface area contributed by atoms with Gasteiger partial charge in [0.05, 0.1) is 36.2 Å². The number of methoxy groups -OCH3 is 1. The van der Waals surface area contributed by atoms with Crippen molar-refractivity contribution in [3.8, 4) is 29.1 Å². The van der Waals surface area contributed by atoms with Crippen LogP contribution in [-0.4, -0.2) is 31.4 Å². The summed E-state index contributed by atoms with van der Waals surface area (Å²) in [6, 6.07) is 11.3. The third kappa shape index (κ3) is 3.67. The monoisotopic (exact) mass is 411 g/mol. The van der Waals surface area contributed by atoms with Crippen molar-refractivity contribution in [3.05, 3.63) is 42.1 Å². The average Bonchev–Trinajstić information content (AvgIpc) is 3.23. The number of halogens is 1. The van der Waals surface area contributed by atoms with Crippen LogP contribution in [0.1, 0.15) is 12.0 Å². The normalized spacial score (nSPS) is 11.9. The van der Waals surface area contributed by atoms with E-state index in [0.29, 0.717) is 57.9 Å². The van der Waals surface area contributed by atoms with E-state index in [0.717, 1.165) is 11.8 Å². The molecule has 1 aliphatic heterocycles. The maximum absolute atomic E-state index is 9.62. The van der Waals surface area contributed by atoms with E-state index in [9.17, 15) is 5.26 Å². The molecule has 0 saturated heterocycles. The van der Waals surface area contributed by atoms with Crippen LogP contribution >= 0.6 is 11.6 Å². The number of nitrogens with one attached hydrogen (secondary N) is 1. The smallest absolute Gasteiger partial charge is 0.231 e. The Hall–Kier alpha value is -3.37. The number of pyridine rings is 1. The van der Waals surface area contributed by atoms with E-state index in [1.807, 2.05) is 24.3 Å². The molecular weight excluding hydrogens is 394 g/mol. The van der Waals surface area contributed by atoms with E-state index in [1.165, 1.54) is 6.20 Å². The highest BCUT2D eigenvalue weighted by Gasteiger charge is 2.20. The Morgan fingerprint density at radius 2 is 2.17 bits per heavy atom. The maximum atomic E-state index is 9.62. The summed E-state index contributed by atoms with van der Waals surface area (Å²) in [5.74, 6) is 2.89. The summed E-state index contributed by atoms with van der Waals surface area (Å²) in [7, 11) is 1.57. The SMILES string of the molecule is COc1cc2c(Nc3cccc4c3OCO4)c(C#N)cnc2cc1OCCCCl. The number of hydrogen-bond donors (Lipinski definition) is 1. The average molecular weight is 412 g/mol. The summed E-state index contributed by atoms with van der Waals surface area (Å²) in [6.45, 7) is 0.632. The number of anilines is 2. The van der Waals surface area contributed by atoms with Crippen LogP contribution in [0.15, 0.2) is 36.5 Å². The molecule has 0 spiro atoms. The van der Waals surface area contributed by atoms with E-state index in [1.54, 1.807) is 13.2 Å². The summed E-state index contributed by atoms with van der Waals surface area (Å²) in [5.41, 5.74) is 2.36. The number of ether oxygens (including phenoxy) is 4. The number of aromatic nitrogens is 1. The van der Waals surface area contributed by atoms with Crippen molar-refractivity contribution in [2.45, 2.75) is 6.42 Å². The predicted octanol–water partition coefficient (Wildman–Crippen LogP) is 4.60. The van der Waals surface area contributed by atoms with Crippen molar-refractivity contribution in [2.24, 2.45) is 0 Å². The largest absolute Gasteiger partial charge is 0.493 e. The zero-order valence-electron chi connectivity index (χ0n) is 15.7. The molecule has 0 bridgehead atoms. The van der Waals surface area contributed by atoms with Gasteiger partial charge in [0.1, 0.15) is 6.07 Å². The lowest BCUT2D eigenvalue weighted by Crippen LogP contribution is -2.02. The highest BCUT2D eigenvalue weighted by molar-refractivity contribution is 6.17. The first-order chi connectivity index (χ1) is 14.2. The molecule has 0 fully saturated rings. The fourth-order valence-corrected chi connectivity index (χ4v) is 3.20. The van der Waals surface area contributed by atoms with Crippen molar-refractivity contribution in [1.29, 1.82) is 5.26 Å². The number of hydrogen-bond acceptors (Lipinski definition) is 7. The minimum atomic E-state index is 0.160. The van der Waals surface area contributed by atoms with Crippen LogP contribution in [0.2, 0.25) is 0 Å². The lowest BCUT2D eigenvalue weighted by atomic mass is 10.1. The lowest BCUT2D eigenvalue weighted by Gasteiger charge is -2.16. The van der Waals surface area contributed by atoms with Crippen LogP contribution in [0.5, 0.6) is 23.0 Å². The Bertz CT molecular complexity index is 1100. The van der Waals surface area contributed by atoms with Gasteiger partial charge in [0, 0.05) is 23.5 Å². The third-order valence-electron chi connectivity index (χ3n) is 4.47. The van der Waals surface area contributed by atoms with Crippen LogP contribution in [0.4, 0.5) is 11.4 Å². The molecule has 148 valence electrons. The van der Waals surface area contributed by atoms with E-state index in [2.05, 4.69) is 16.4 Å². The number of alkyl halides is 1. The molecule has 4 rings (SSSR count). The topological polar surface area (TPSA) is 85.6 Å². The molecule has 2 heterocycles. The van der Waals surface area contributed by atoms with Gasteiger partial charge in [-0.3, -0.25) is 4.98 Å². The van der Waals surface area contributed by atoms with Crippen molar-refractivity contribution < 1.29 is 18.9 Å². The fourth-order valence-electron chi connectivity index (χ4n) is 3.09. The second kappa shape index (κ2) is 8.33. The van der Waals surface area contributed by atoms with Gasteiger partial charge in [-0.15, -0.1) is 11.6 Å². The zero-order valence-corrected chi connectivity index (χ0v) is 16.5. The second-order valence-electron chi connectivity index (χ2n) is 6.23. The minimum Gasteiger partial charge on any atom is -0.493 e. The molecule has 8 heteroatoms. The van der Waals surface area contributed by atoms with E-state index < -0.39 is 0 Å². The highest BCUT2D eigenvalue weighted by Crippen LogP contribution is 2.42. The zero-order chi connectivity index (χ0) is 20.2. The van der Waals surface area contributed by atoms with E-state index >= 15 is 0 Å². The third-order valence-corrected chi connectivity index (χ3v) is 4.73. The van der Waals surface area contributed by atoms with Crippen LogP contribution in [-0.2, 0) is 0 Å². The standard InChI is InChI=1S/C21H18ClN3O4/c1-26-18-8-14-16(9-19(18)27-7-3-6-22)24-11-13(10-23)20(14)25-15-4-2-5-17-21(15)29-12-28-17/h2,4-5,8-9,11H,3,6-7,12H2,1H3,(H,24,25). The molecule has 0 aliphatic carbocycles. The molecule has 1 aromatic heterocycles. The minimum absolute atomic E-state index is 0.160. The molecule has 0 saturated carbocycles. The summed E-state index contributed by atoms with van der Waals surface area (Å²) >= 11 is 5.73. The Morgan fingerprint density at radius 1 is 1.28 bits per heavy atom. The lowest BCUT2D eigenvalue weighted by molar-refractivity contribution is 0.174. The molecule has 1 N–H and O–H groups in total. The molecule has 0 atom stereocenters. The van der Waals surface area contributed by atoms with Gasteiger partial charge in [-0.05, 0) is 24.6 Å². The van der Waals surface area contributed by atoms with Crippen molar-refractivity contribution >= 4 is 33.9 Å². The Kier molecular flexibility index (Phi) is 5.45. The van der Waals surface area contributed by atoms with E-state index in [4.69, 9.17) is 30.5 Å². The Balaban J connectivity index is 1.80. The quantitative estimate of drug-likeness (QED) is 0.449. The van der Waals surface area contributed by atoms with Gasteiger partial charge in [0.15, 0.2) is 23.0 Å². The fraction of sp³-hybridized carbons (Fsp3) is 0.238. The second-order valence-corrected chi connectivity index (χ2v) is 6.61. The number of para-hydroxylation sites is 1. The summed E-state index contributed by atoms with van der Waals surface area (Å²) in [4.78, 5) is 4.41. The highest BCUT2D eigenvalue weighted by atomic mass is 35.5. The molecule has 7 nitrogen and oxygen atoms in total. The Labute approximate surface area is 172 Å². The van der Waals surface area contributed by atoms with Gasteiger partial charge in [-0.1, -0.05) is 6.07 Å². The van der Waals surface area contributed by atoms with Crippen LogP contribution in [0.3, 0.4) is 0 Å². The number of benzene rings is 2. The molecule has 2 aromatic carbocycles. The maximum Gasteiger partial charge on any atom is 0.231 e. The summed E-state index contributed by atoms with van der Waals surface area (Å²) in [6.07, 6.45) is 2.25. The molecule has 1 aliphatic rings. The molecule has 3 aromatic rings. The van der Waals surface area contributed by atoms with Crippen molar-refractivity contribution in [2.75, 3.05) is 31.7 Å². The number of rotatable bonds is 7. The van der Waals surface area contributed by atoms with Gasteiger partial charge in [0.2, 0.25) is 6.79 Å². The summed E-state index contributed by atoms with van der Waals surface area (Å²) < 4.78 is 22.3. The van der Waals surface area contributed by atoms with Crippen LogP contribution < -0.4 is 24.3 Å². The molecule has 0 radical (unpaired) electrons. The van der Waals surface area contributed by atoms with Gasteiger partial charge < -0.3 is 24.3 Å². The van der Waals surface area contributed by atoms with Crippen molar-refractivity contribution in [3.63, 3.8) is 0 Å². The van der Waals surface area contributed by atoms with E-state index in [-0.39, 0.29) is 6.79 Å². The molecular formula is C21H18ClN3O4. The first-order valence-corrected chi connectivity index (χ1v) is 9.54. The van der Waals surface area contributed by atoms with Crippen LogP contribution in [0, 0.1) is 11.3 Å². The van der Waals surface area contributed by atoms with Crippen molar-refractivity contribution in [1.82, 2.24) is 4.98 Å².